The Bertz CT molecular complexity index is 4860. The molecule has 2 aliphatic heterocycles. The molecule has 85 heavy (non-hydrogen) atoms. The molecule has 0 fully saturated rings. The molecule has 2 aliphatic carbocycles. The van der Waals surface area contributed by atoms with Crippen LogP contribution in [0.4, 0.5) is 0 Å². The lowest BCUT2D eigenvalue weighted by Gasteiger charge is -2.17. The van der Waals surface area contributed by atoms with E-state index in [-0.39, 0.29) is 29.7 Å². The Kier molecular flexibility index (Phi) is 12.6. The van der Waals surface area contributed by atoms with Gasteiger partial charge in [-0.15, -0.1) is 22.7 Å². The first-order valence-corrected chi connectivity index (χ1v) is 33.7. The van der Waals surface area contributed by atoms with Crippen LogP contribution in [-0.4, -0.2) is 63.5 Å². The van der Waals surface area contributed by atoms with Gasteiger partial charge in [-0.25, -0.2) is 0 Å². The topological polar surface area (TPSA) is 126 Å². The zero-order valence-electron chi connectivity index (χ0n) is 48.2. The van der Waals surface area contributed by atoms with Crippen LogP contribution >= 0.6 is 46.1 Å². The third-order valence-corrected chi connectivity index (χ3v) is 22.6. The monoisotopic (exact) mass is 1190 g/mol. The Balaban J connectivity index is 0.917. The summed E-state index contributed by atoms with van der Waals surface area (Å²) >= 11 is 6.31. The van der Waals surface area contributed by atoms with Crippen LogP contribution in [0.2, 0.25) is 0 Å². The Morgan fingerprint density at radius 2 is 0.753 bits per heavy atom. The normalized spacial score (nSPS) is 14.1. The van der Waals surface area contributed by atoms with Crippen molar-refractivity contribution in [3.63, 3.8) is 0 Å². The van der Waals surface area contributed by atoms with Crippen LogP contribution in [0.5, 0.6) is 0 Å². The second-order valence-electron chi connectivity index (χ2n) is 24.0. The highest BCUT2D eigenvalue weighted by molar-refractivity contribution is 7.25. The third kappa shape index (κ3) is 7.56. The summed E-state index contributed by atoms with van der Waals surface area (Å²) in [6.45, 7) is 10.5. The number of hydrogen-bond acceptors (Lipinski definition) is 12. The van der Waals surface area contributed by atoms with Crippen molar-refractivity contribution >= 4 is 144 Å². The molecule has 422 valence electrons. The van der Waals surface area contributed by atoms with Crippen molar-refractivity contribution in [2.45, 2.75) is 131 Å². The summed E-state index contributed by atoms with van der Waals surface area (Å²) < 4.78 is 23.6. The van der Waals surface area contributed by atoms with E-state index < -0.39 is 0 Å². The molecule has 0 spiro atoms. The molecule has 4 amide bonds. The van der Waals surface area contributed by atoms with E-state index in [1.807, 2.05) is 67.7 Å². The number of hydrogen-bond donors (Lipinski definition) is 0. The van der Waals surface area contributed by atoms with Gasteiger partial charge in [0.1, 0.15) is 22.1 Å². The zero-order chi connectivity index (χ0) is 57.7. The van der Waals surface area contributed by atoms with E-state index in [1.54, 1.807) is 0 Å². The zero-order valence-corrected chi connectivity index (χ0v) is 51.5. The Labute approximate surface area is 508 Å². The van der Waals surface area contributed by atoms with E-state index in [1.165, 1.54) is 137 Å². The van der Waals surface area contributed by atoms with Gasteiger partial charge >= 0.3 is 0 Å². The predicted molar refractivity (Wildman–Crippen MR) is 352 cm³/mol. The van der Waals surface area contributed by atoms with Crippen molar-refractivity contribution in [3.05, 3.63) is 118 Å². The fourth-order valence-electron chi connectivity index (χ4n) is 15.0. The van der Waals surface area contributed by atoms with Crippen LogP contribution < -0.4 is 0 Å². The van der Waals surface area contributed by atoms with Gasteiger partial charge in [0.25, 0.3) is 23.6 Å². The average Bonchev–Trinajstić information content (AvgIpc) is 2.21. The number of carbonyl (C=O) groups excluding carboxylic acids is 4. The van der Waals surface area contributed by atoms with E-state index in [9.17, 15) is 19.2 Å². The van der Waals surface area contributed by atoms with E-state index in [4.69, 9.17) is 17.5 Å². The Hall–Kier alpha value is -7.62. The van der Waals surface area contributed by atoms with Crippen molar-refractivity contribution in [3.8, 4) is 65.4 Å². The highest BCUT2D eigenvalue weighted by Gasteiger charge is 2.41. The fraction of sp³-hybridized carbons (Fsp3) is 0.296. The van der Waals surface area contributed by atoms with Crippen LogP contribution in [0.15, 0.2) is 84.9 Å². The number of aryl methyl sites for hydroxylation is 2. The van der Waals surface area contributed by atoms with Gasteiger partial charge in [-0.05, 0) is 159 Å². The smallest absolute Gasteiger partial charge is 0.261 e. The molecule has 4 aromatic heterocycles. The van der Waals surface area contributed by atoms with Crippen LogP contribution in [0.1, 0.15) is 164 Å². The molecule has 0 unspecified atom stereocenters. The largest absolute Gasteiger partial charge is 0.275 e. The fourth-order valence-corrected chi connectivity index (χ4v) is 19.0. The standard InChI is InChI=1S/C71H60N6O4S4/c1-6-9-11-13-15-17-21-44-56-60-63(75-84-72-60)59-58(66(56)82-64(44)42-29-27-40-48-32-51-50(68(78)76(8-3)69(51)79)31-46(48)38-25-19-23-36(42)54(38)40)62-61(73-85-74-62)57-45(22-18-16-14-12-10-7-2)65(83-67(57)59)43-30-28-41-49-34-53-52(70(80)77(35(4)5)71(53)81)33-47(49)39-26-20-24-37(43)55(39)41/h19-20,23-35H,6-18,21-22H2,1-5H3. The van der Waals surface area contributed by atoms with Gasteiger partial charge in [0.15, 0.2) is 0 Å². The van der Waals surface area contributed by atoms with Crippen molar-refractivity contribution in [2.24, 2.45) is 0 Å². The second kappa shape index (κ2) is 20.3. The van der Waals surface area contributed by atoms with E-state index >= 15 is 0 Å². The molecule has 0 saturated carbocycles. The van der Waals surface area contributed by atoms with E-state index in [0.29, 0.717) is 28.8 Å². The van der Waals surface area contributed by atoms with Gasteiger partial charge in [0.2, 0.25) is 0 Å². The van der Waals surface area contributed by atoms with E-state index in [0.717, 1.165) is 137 Å². The van der Waals surface area contributed by atoms with Gasteiger partial charge in [-0.2, -0.15) is 17.5 Å². The Morgan fingerprint density at radius 1 is 0.388 bits per heavy atom. The van der Waals surface area contributed by atoms with Gasteiger partial charge in [-0.3, -0.25) is 29.0 Å². The molecular formula is C71H60N6O4S4. The number of thiophene rings is 2. The summed E-state index contributed by atoms with van der Waals surface area (Å²) in [6.07, 6.45) is 15.9. The minimum atomic E-state index is -0.235. The first-order valence-electron chi connectivity index (χ1n) is 30.6. The maximum atomic E-state index is 13.8. The summed E-state index contributed by atoms with van der Waals surface area (Å²) in [4.78, 5) is 60.0. The highest BCUT2D eigenvalue weighted by Crippen LogP contribution is 2.58. The van der Waals surface area contributed by atoms with Crippen LogP contribution in [0, 0.1) is 0 Å². The molecule has 14 heteroatoms. The number of nitrogens with zero attached hydrogens (tertiary/aromatic N) is 6. The van der Waals surface area contributed by atoms with Crippen molar-refractivity contribution in [1.29, 1.82) is 0 Å². The molecule has 4 aliphatic rings. The molecule has 0 bridgehead atoms. The molecule has 16 rings (SSSR count). The summed E-state index contributed by atoms with van der Waals surface area (Å²) in [5, 5.41) is 9.12. The summed E-state index contributed by atoms with van der Waals surface area (Å²) in [6, 6.07) is 29.8. The highest BCUT2D eigenvalue weighted by atomic mass is 32.1. The minimum absolute atomic E-state index is 0.224. The number of imide groups is 2. The third-order valence-electron chi connectivity index (χ3n) is 18.9. The van der Waals surface area contributed by atoms with Gasteiger partial charge < -0.3 is 0 Å². The first kappa shape index (κ1) is 52.9. The molecule has 0 saturated heterocycles. The first-order chi connectivity index (χ1) is 41.6. The summed E-state index contributed by atoms with van der Waals surface area (Å²) in [7, 11) is 0. The van der Waals surface area contributed by atoms with E-state index in [2.05, 4.69) is 74.5 Å². The van der Waals surface area contributed by atoms with Crippen molar-refractivity contribution in [1.82, 2.24) is 27.3 Å². The second-order valence-corrected chi connectivity index (χ2v) is 27.1. The minimum Gasteiger partial charge on any atom is -0.275 e. The SMILES string of the molecule is CCCCCCCCc1c(-c2ccc3c4c(cccc24)-c2cc4c(cc2-3)C(=O)N(CC)C4=O)sc2c1c1nsnc1c1c3sc(-c4ccc5c6c(cccc46)-c4cc6c(cc4-5)C(=O)N(C(C)C)C6=O)c(CCCCCCCC)c3c3nsnc3c21. The quantitative estimate of drug-likeness (QED) is 0.0614. The molecule has 6 heterocycles. The molecule has 0 atom stereocenters. The maximum absolute atomic E-state index is 13.8. The van der Waals surface area contributed by atoms with Gasteiger partial charge in [0, 0.05) is 53.3 Å². The van der Waals surface area contributed by atoms with Crippen molar-refractivity contribution < 1.29 is 19.2 Å². The molecular weight excluding hydrogens is 1130 g/mol. The lowest BCUT2D eigenvalue weighted by Crippen LogP contribution is -2.35. The number of fused-ring (bicyclic) bond motifs is 19. The molecule has 10 nitrogen and oxygen atoms in total. The van der Waals surface area contributed by atoms with Crippen LogP contribution in [0.25, 0.3) is 140 Å². The number of benzene rings is 8. The lowest BCUT2D eigenvalue weighted by atomic mass is 9.91. The predicted octanol–water partition coefficient (Wildman–Crippen LogP) is 19.6. The number of carbonyl (C=O) groups is 4. The number of unbranched alkanes of at least 4 members (excludes halogenated alkanes) is 10. The molecule has 0 N–H and O–H groups in total. The van der Waals surface area contributed by atoms with Crippen LogP contribution in [-0.2, 0) is 12.8 Å². The number of aromatic nitrogens is 4. The Morgan fingerprint density at radius 3 is 1.15 bits per heavy atom. The maximum Gasteiger partial charge on any atom is 0.261 e. The van der Waals surface area contributed by atoms with Crippen molar-refractivity contribution in [2.75, 3.05) is 6.54 Å². The van der Waals surface area contributed by atoms with Crippen LogP contribution in [0.3, 0.4) is 0 Å². The van der Waals surface area contributed by atoms with Gasteiger partial charge in [0.05, 0.1) is 45.7 Å². The number of rotatable bonds is 18. The number of amides is 4. The summed E-state index contributed by atoms with van der Waals surface area (Å²) in [5.41, 5.74) is 18.9. The molecule has 8 aromatic carbocycles. The lowest BCUT2D eigenvalue weighted by molar-refractivity contribution is 0.0604. The summed E-state index contributed by atoms with van der Waals surface area (Å²) in [5.74, 6) is -0.902. The van der Waals surface area contributed by atoms with Gasteiger partial charge in [-0.1, -0.05) is 139 Å². The molecule has 0 radical (unpaired) electrons. The molecule has 12 aromatic rings. The average molecular weight is 1190 g/mol.